The number of imidazole rings is 1. The molecule has 0 unspecified atom stereocenters. The molecule has 2 amide bonds. The number of alkyl halides is 3. The summed E-state index contributed by atoms with van der Waals surface area (Å²) in [7, 11) is 0. The number of carbonyl (C=O) groups is 2. The third-order valence-corrected chi connectivity index (χ3v) is 6.37. The van der Waals surface area contributed by atoms with E-state index in [1.807, 2.05) is 4.90 Å². The first-order chi connectivity index (χ1) is 13.7. The quantitative estimate of drug-likeness (QED) is 0.670. The SMILES string of the molecule is Cc1cc(C(F)(F)F)c2nc(C(=O)N3CCN(C4CCCC4)C(=O)C3)c(Br)n2c1. The molecule has 29 heavy (non-hydrogen) atoms. The number of hydrogen-bond donors (Lipinski definition) is 0. The highest BCUT2D eigenvalue weighted by molar-refractivity contribution is 9.10. The van der Waals surface area contributed by atoms with Gasteiger partial charge in [0.1, 0.15) is 11.1 Å². The molecule has 6 nitrogen and oxygen atoms in total. The summed E-state index contributed by atoms with van der Waals surface area (Å²) >= 11 is 3.23. The zero-order valence-corrected chi connectivity index (χ0v) is 17.4. The van der Waals surface area contributed by atoms with Crippen molar-refractivity contribution in [3.05, 3.63) is 33.7 Å². The van der Waals surface area contributed by atoms with Crippen LogP contribution in [0.5, 0.6) is 0 Å². The van der Waals surface area contributed by atoms with Crippen molar-refractivity contribution < 1.29 is 22.8 Å². The molecule has 0 atom stereocenters. The van der Waals surface area contributed by atoms with E-state index in [1.54, 1.807) is 6.92 Å². The Morgan fingerprint density at radius 2 is 1.93 bits per heavy atom. The first-order valence-electron chi connectivity index (χ1n) is 9.51. The molecule has 3 heterocycles. The number of amides is 2. The van der Waals surface area contributed by atoms with Gasteiger partial charge in [0.2, 0.25) is 5.91 Å². The topological polar surface area (TPSA) is 57.9 Å². The molecule has 1 aliphatic carbocycles. The van der Waals surface area contributed by atoms with E-state index in [0.717, 1.165) is 31.7 Å². The monoisotopic (exact) mass is 472 g/mol. The van der Waals surface area contributed by atoms with Crippen LogP contribution in [0.2, 0.25) is 0 Å². The van der Waals surface area contributed by atoms with Gasteiger partial charge in [-0.05, 0) is 47.3 Å². The van der Waals surface area contributed by atoms with Gasteiger partial charge >= 0.3 is 6.18 Å². The van der Waals surface area contributed by atoms with Gasteiger partial charge in [-0.3, -0.25) is 14.0 Å². The molecule has 0 aromatic carbocycles. The lowest BCUT2D eigenvalue weighted by atomic mass is 10.1. The molecule has 10 heteroatoms. The highest BCUT2D eigenvalue weighted by Crippen LogP contribution is 2.35. The Morgan fingerprint density at radius 3 is 2.55 bits per heavy atom. The minimum Gasteiger partial charge on any atom is -0.336 e. The normalized spacial score (nSPS) is 18.9. The first-order valence-corrected chi connectivity index (χ1v) is 10.3. The Morgan fingerprint density at radius 1 is 1.24 bits per heavy atom. The van der Waals surface area contributed by atoms with Crippen LogP contribution in [0, 0.1) is 6.92 Å². The van der Waals surface area contributed by atoms with Crippen molar-refractivity contribution in [2.24, 2.45) is 0 Å². The molecule has 156 valence electrons. The molecule has 1 saturated heterocycles. The van der Waals surface area contributed by atoms with Gasteiger partial charge in [-0.1, -0.05) is 12.8 Å². The minimum atomic E-state index is -4.60. The van der Waals surface area contributed by atoms with Crippen molar-refractivity contribution in [2.75, 3.05) is 19.6 Å². The zero-order valence-electron chi connectivity index (χ0n) is 15.8. The predicted octanol–water partition coefficient (Wildman–Crippen LogP) is 3.65. The van der Waals surface area contributed by atoms with Crippen molar-refractivity contribution >= 4 is 33.4 Å². The molecule has 2 aliphatic rings. The Balaban J connectivity index is 1.62. The summed E-state index contributed by atoms with van der Waals surface area (Å²) in [6.45, 7) is 2.24. The molecular formula is C19H20BrF3N4O2. The molecular weight excluding hydrogens is 453 g/mol. The van der Waals surface area contributed by atoms with Gasteiger partial charge in [-0.25, -0.2) is 4.98 Å². The summed E-state index contributed by atoms with van der Waals surface area (Å²) in [6.07, 6.45) is 1.07. The zero-order chi connectivity index (χ0) is 20.9. The summed E-state index contributed by atoms with van der Waals surface area (Å²) in [4.78, 5) is 32.7. The standard InChI is InChI=1S/C19H20BrF3N4O2/c1-11-8-13(19(21,22)23)17-24-15(16(20)27(17)9-11)18(29)25-6-7-26(14(28)10-25)12-4-2-3-5-12/h8-9,12H,2-7,10H2,1H3. The molecule has 2 fully saturated rings. The van der Waals surface area contributed by atoms with E-state index in [2.05, 4.69) is 20.9 Å². The van der Waals surface area contributed by atoms with Gasteiger partial charge in [0.05, 0.1) is 5.56 Å². The number of halogens is 4. The van der Waals surface area contributed by atoms with Gasteiger partial charge in [-0.2, -0.15) is 13.2 Å². The van der Waals surface area contributed by atoms with E-state index in [-0.39, 0.29) is 34.4 Å². The predicted molar refractivity (Wildman–Crippen MR) is 103 cm³/mol. The highest BCUT2D eigenvalue weighted by atomic mass is 79.9. The molecule has 2 aromatic heterocycles. The highest BCUT2D eigenvalue weighted by Gasteiger charge is 2.37. The lowest BCUT2D eigenvalue weighted by Gasteiger charge is -2.37. The summed E-state index contributed by atoms with van der Waals surface area (Å²) < 4.78 is 41.6. The van der Waals surface area contributed by atoms with E-state index in [9.17, 15) is 22.8 Å². The van der Waals surface area contributed by atoms with E-state index >= 15 is 0 Å². The van der Waals surface area contributed by atoms with Crippen LogP contribution in [0.3, 0.4) is 0 Å². The maximum Gasteiger partial charge on any atom is 0.419 e. The molecule has 1 saturated carbocycles. The van der Waals surface area contributed by atoms with E-state index in [4.69, 9.17) is 0 Å². The smallest absolute Gasteiger partial charge is 0.336 e. The number of pyridine rings is 1. The van der Waals surface area contributed by atoms with Gasteiger partial charge in [-0.15, -0.1) is 0 Å². The van der Waals surface area contributed by atoms with Crippen molar-refractivity contribution in [2.45, 2.75) is 44.8 Å². The number of hydrogen-bond acceptors (Lipinski definition) is 3. The number of rotatable bonds is 2. The molecule has 0 bridgehead atoms. The molecule has 0 spiro atoms. The number of aryl methyl sites for hydroxylation is 1. The van der Waals surface area contributed by atoms with Crippen LogP contribution in [0.15, 0.2) is 16.9 Å². The summed E-state index contributed by atoms with van der Waals surface area (Å²) in [5.74, 6) is -0.672. The summed E-state index contributed by atoms with van der Waals surface area (Å²) in [5, 5.41) is 0. The number of nitrogens with zero attached hydrogens (tertiary/aromatic N) is 4. The van der Waals surface area contributed by atoms with Crippen molar-refractivity contribution in [1.82, 2.24) is 19.2 Å². The van der Waals surface area contributed by atoms with Crippen LogP contribution in [-0.2, 0) is 11.0 Å². The fourth-order valence-electron chi connectivity index (χ4n) is 4.21. The van der Waals surface area contributed by atoms with Gasteiger partial charge < -0.3 is 9.80 Å². The molecule has 0 radical (unpaired) electrons. The van der Waals surface area contributed by atoms with Crippen LogP contribution in [0.4, 0.5) is 13.2 Å². The third-order valence-electron chi connectivity index (χ3n) is 5.62. The fourth-order valence-corrected chi connectivity index (χ4v) is 4.74. The van der Waals surface area contributed by atoms with Crippen molar-refractivity contribution in [1.29, 1.82) is 0 Å². The van der Waals surface area contributed by atoms with Gasteiger partial charge in [0.15, 0.2) is 11.3 Å². The van der Waals surface area contributed by atoms with E-state index in [0.29, 0.717) is 18.7 Å². The molecule has 0 N–H and O–H groups in total. The van der Waals surface area contributed by atoms with Crippen LogP contribution in [0.25, 0.3) is 5.65 Å². The maximum absolute atomic E-state index is 13.4. The Bertz CT molecular complexity index is 982. The Kier molecular flexibility index (Phi) is 5.08. The lowest BCUT2D eigenvalue weighted by Crippen LogP contribution is -2.55. The Labute approximate surface area is 173 Å². The van der Waals surface area contributed by atoms with Crippen molar-refractivity contribution in [3.8, 4) is 0 Å². The van der Waals surface area contributed by atoms with Crippen LogP contribution in [-0.4, -0.2) is 56.7 Å². The van der Waals surface area contributed by atoms with E-state index in [1.165, 1.54) is 15.5 Å². The second-order valence-electron chi connectivity index (χ2n) is 7.63. The molecule has 4 rings (SSSR count). The average Bonchev–Trinajstić information content (AvgIpc) is 3.29. The number of carbonyl (C=O) groups excluding carboxylic acids is 2. The molecule has 1 aliphatic heterocycles. The number of piperazine rings is 1. The van der Waals surface area contributed by atoms with Gasteiger partial charge in [0, 0.05) is 25.3 Å². The summed E-state index contributed by atoms with van der Waals surface area (Å²) in [5.41, 5.74) is -0.973. The van der Waals surface area contributed by atoms with Crippen LogP contribution in [0.1, 0.15) is 47.3 Å². The van der Waals surface area contributed by atoms with Gasteiger partial charge in [0.25, 0.3) is 5.91 Å². The van der Waals surface area contributed by atoms with Crippen LogP contribution < -0.4 is 0 Å². The van der Waals surface area contributed by atoms with Crippen molar-refractivity contribution in [3.63, 3.8) is 0 Å². The Hall–Kier alpha value is -2.10. The largest absolute Gasteiger partial charge is 0.419 e. The second kappa shape index (κ2) is 7.30. The summed E-state index contributed by atoms with van der Waals surface area (Å²) in [6, 6.07) is 1.24. The second-order valence-corrected chi connectivity index (χ2v) is 8.38. The first kappa shape index (κ1) is 20.2. The number of fused-ring (bicyclic) bond motifs is 1. The lowest BCUT2D eigenvalue weighted by molar-refractivity contribution is -0.137. The van der Waals surface area contributed by atoms with E-state index < -0.39 is 17.6 Å². The average molecular weight is 473 g/mol. The number of aromatic nitrogens is 2. The molecule has 2 aromatic rings. The minimum absolute atomic E-state index is 0.0825. The van der Waals surface area contributed by atoms with Crippen LogP contribution >= 0.6 is 15.9 Å². The fraction of sp³-hybridized carbons (Fsp3) is 0.526. The third kappa shape index (κ3) is 3.62. The maximum atomic E-state index is 13.4.